The van der Waals surface area contributed by atoms with Crippen LogP contribution in [0.4, 0.5) is 19.3 Å². The summed E-state index contributed by atoms with van der Waals surface area (Å²) in [6.07, 6.45) is 3.17. The van der Waals surface area contributed by atoms with Gasteiger partial charge in [-0.15, -0.1) is 0 Å². The predicted octanol–water partition coefficient (Wildman–Crippen LogP) is 2.69. The van der Waals surface area contributed by atoms with Crippen molar-refractivity contribution in [2.75, 3.05) is 5.32 Å². The zero-order chi connectivity index (χ0) is 14.8. The van der Waals surface area contributed by atoms with Crippen molar-refractivity contribution in [3.8, 4) is 0 Å². The Morgan fingerprint density at radius 3 is 2.50 bits per heavy atom. The van der Waals surface area contributed by atoms with E-state index in [9.17, 15) is 13.6 Å². The summed E-state index contributed by atoms with van der Waals surface area (Å²) in [6.45, 7) is 0. The summed E-state index contributed by atoms with van der Waals surface area (Å²) in [5.74, 6) is -1.54. The van der Waals surface area contributed by atoms with Crippen molar-refractivity contribution in [2.45, 2.75) is 31.2 Å². The second-order valence-electron chi connectivity index (χ2n) is 4.86. The van der Waals surface area contributed by atoms with E-state index in [2.05, 4.69) is 10.6 Å². The van der Waals surface area contributed by atoms with E-state index in [1.807, 2.05) is 0 Å². The van der Waals surface area contributed by atoms with E-state index in [0.29, 0.717) is 18.9 Å². The maximum absolute atomic E-state index is 13.4. The number of nitrogens with one attached hydrogen (secondary N) is 2. The summed E-state index contributed by atoms with van der Waals surface area (Å²) in [5.41, 5.74) is 4.88. The fourth-order valence-corrected chi connectivity index (χ4v) is 2.63. The molecule has 4 N–H and O–H groups in total. The van der Waals surface area contributed by atoms with Gasteiger partial charge in [0, 0.05) is 6.07 Å². The average Bonchev–Trinajstić information content (AvgIpc) is 2.82. The number of hydrogen-bond donors (Lipinski definition) is 3. The van der Waals surface area contributed by atoms with Crippen LogP contribution >= 0.6 is 12.2 Å². The number of urea groups is 1. The molecule has 108 valence electrons. The second-order valence-corrected chi connectivity index (χ2v) is 5.30. The zero-order valence-corrected chi connectivity index (χ0v) is 11.5. The number of anilines is 1. The van der Waals surface area contributed by atoms with Crippen LogP contribution < -0.4 is 16.4 Å². The van der Waals surface area contributed by atoms with Gasteiger partial charge in [-0.05, 0) is 25.0 Å². The Labute approximate surface area is 120 Å². The first-order valence-corrected chi connectivity index (χ1v) is 6.68. The summed E-state index contributed by atoms with van der Waals surface area (Å²) in [5, 5.41) is 5.04. The molecular formula is C13H15F2N3OS. The summed E-state index contributed by atoms with van der Waals surface area (Å²) in [6, 6.07) is 2.32. The first kappa shape index (κ1) is 14.6. The molecule has 0 unspecified atom stereocenters. The van der Waals surface area contributed by atoms with E-state index in [-0.39, 0.29) is 10.7 Å². The van der Waals surface area contributed by atoms with E-state index in [1.54, 1.807) is 0 Å². The largest absolute Gasteiger partial charge is 0.391 e. The van der Waals surface area contributed by atoms with Crippen LogP contribution in [0.5, 0.6) is 0 Å². The van der Waals surface area contributed by atoms with Crippen molar-refractivity contribution in [3.05, 3.63) is 29.8 Å². The molecule has 7 heteroatoms. The Bertz CT molecular complexity index is 544. The Hall–Kier alpha value is -1.76. The molecule has 2 rings (SSSR count). The molecule has 0 aliphatic heterocycles. The molecule has 0 radical (unpaired) electrons. The van der Waals surface area contributed by atoms with Gasteiger partial charge in [-0.1, -0.05) is 25.1 Å². The lowest BCUT2D eigenvalue weighted by molar-refractivity contribution is 0.245. The second kappa shape index (κ2) is 5.70. The smallest absolute Gasteiger partial charge is 0.320 e. The Balaban J connectivity index is 2.07. The Morgan fingerprint density at radius 2 is 1.95 bits per heavy atom. The third kappa shape index (κ3) is 3.04. The molecule has 1 aromatic carbocycles. The maximum atomic E-state index is 13.4. The molecule has 20 heavy (non-hydrogen) atoms. The van der Waals surface area contributed by atoms with Gasteiger partial charge in [0.25, 0.3) is 0 Å². The van der Waals surface area contributed by atoms with Crippen LogP contribution in [-0.4, -0.2) is 16.6 Å². The molecule has 1 aliphatic rings. The lowest BCUT2D eigenvalue weighted by atomic mass is 9.98. The molecule has 2 amide bonds. The van der Waals surface area contributed by atoms with Crippen molar-refractivity contribution in [1.82, 2.24) is 5.32 Å². The summed E-state index contributed by atoms with van der Waals surface area (Å²) in [4.78, 5) is 12.1. The van der Waals surface area contributed by atoms with Gasteiger partial charge in [0.05, 0.1) is 16.2 Å². The highest BCUT2D eigenvalue weighted by molar-refractivity contribution is 7.80. The van der Waals surface area contributed by atoms with Crippen molar-refractivity contribution in [1.29, 1.82) is 0 Å². The summed E-state index contributed by atoms with van der Waals surface area (Å²) < 4.78 is 26.2. The number of rotatable bonds is 3. The van der Waals surface area contributed by atoms with Gasteiger partial charge in [-0.3, -0.25) is 0 Å². The number of halogens is 2. The van der Waals surface area contributed by atoms with Gasteiger partial charge >= 0.3 is 6.03 Å². The number of carbonyl (C=O) groups excluding carboxylic acids is 1. The normalized spacial score (nSPS) is 16.7. The highest BCUT2D eigenvalue weighted by atomic mass is 32.1. The fraction of sp³-hybridized carbons (Fsp3) is 0.385. The van der Waals surface area contributed by atoms with E-state index in [0.717, 1.165) is 25.0 Å². The molecule has 0 atom stereocenters. The van der Waals surface area contributed by atoms with E-state index in [4.69, 9.17) is 18.0 Å². The van der Waals surface area contributed by atoms with Crippen molar-refractivity contribution < 1.29 is 13.6 Å². The minimum atomic E-state index is -0.837. The van der Waals surface area contributed by atoms with Gasteiger partial charge in [0.1, 0.15) is 11.6 Å². The zero-order valence-electron chi connectivity index (χ0n) is 10.7. The van der Waals surface area contributed by atoms with Gasteiger partial charge in [-0.2, -0.15) is 0 Å². The van der Waals surface area contributed by atoms with Gasteiger partial charge < -0.3 is 16.4 Å². The number of nitrogens with two attached hydrogens (primary N) is 1. The van der Waals surface area contributed by atoms with Crippen LogP contribution in [0.2, 0.25) is 0 Å². The number of benzene rings is 1. The number of amides is 2. The highest BCUT2D eigenvalue weighted by Crippen LogP contribution is 2.30. The third-order valence-electron chi connectivity index (χ3n) is 3.46. The minimum Gasteiger partial charge on any atom is -0.391 e. The maximum Gasteiger partial charge on any atom is 0.320 e. The standard InChI is InChI=1S/C13H15F2N3OS/c14-8-3-4-10(9(15)7-8)17-12(19)18-13(11(16)20)5-1-2-6-13/h3-4,7H,1-2,5-6H2,(H2,16,20)(H2,17,18,19). The molecule has 0 heterocycles. The third-order valence-corrected chi connectivity index (χ3v) is 3.85. The molecule has 4 nitrogen and oxygen atoms in total. The molecule has 0 spiro atoms. The number of thiocarbonyl (C=S) groups is 1. The van der Waals surface area contributed by atoms with Crippen LogP contribution in [0.3, 0.4) is 0 Å². The van der Waals surface area contributed by atoms with E-state index >= 15 is 0 Å². The first-order chi connectivity index (χ1) is 9.43. The molecule has 1 aromatic rings. The lowest BCUT2D eigenvalue weighted by Gasteiger charge is -2.29. The topological polar surface area (TPSA) is 67.1 Å². The summed E-state index contributed by atoms with van der Waals surface area (Å²) >= 11 is 5.00. The molecule has 1 saturated carbocycles. The number of hydrogen-bond acceptors (Lipinski definition) is 2. The Kier molecular flexibility index (Phi) is 4.17. The molecule has 0 bridgehead atoms. The van der Waals surface area contributed by atoms with Crippen LogP contribution in [0.1, 0.15) is 25.7 Å². The summed E-state index contributed by atoms with van der Waals surface area (Å²) in [7, 11) is 0. The van der Waals surface area contributed by atoms with E-state index in [1.165, 1.54) is 0 Å². The van der Waals surface area contributed by atoms with Crippen LogP contribution in [0, 0.1) is 11.6 Å². The first-order valence-electron chi connectivity index (χ1n) is 6.27. The molecule has 0 aromatic heterocycles. The van der Waals surface area contributed by atoms with Gasteiger partial charge in [0.15, 0.2) is 0 Å². The van der Waals surface area contributed by atoms with Crippen molar-refractivity contribution in [3.63, 3.8) is 0 Å². The fourth-order valence-electron chi connectivity index (χ4n) is 2.37. The quantitative estimate of drug-likeness (QED) is 0.752. The lowest BCUT2D eigenvalue weighted by Crippen LogP contribution is -2.56. The predicted molar refractivity (Wildman–Crippen MR) is 76.5 cm³/mol. The van der Waals surface area contributed by atoms with Gasteiger partial charge in [-0.25, -0.2) is 13.6 Å². The van der Waals surface area contributed by atoms with E-state index < -0.39 is 23.2 Å². The van der Waals surface area contributed by atoms with Crippen molar-refractivity contribution >= 4 is 28.9 Å². The SMILES string of the molecule is NC(=S)C1(NC(=O)Nc2ccc(F)cc2F)CCCC1. The van der Waals surface area contributed by atoms with Crippen LogP contribution in [0.25, 0.3) is 0 Å². The molecule has 1 aliphatic carbocycles. The van der Waals surface area contributed by atoms with Crippen LogP contribution in [-0.2, 0) is 0 Å². The average molecular weight is 299 g/mol. The molecule has 0 saturated heterocycles. The minimum absolute atomic E-state index is 0.0972. The number of carbonyl (C=O) groups is 1. The monoisotopic (exact) mass is 299 g/mol. The highest BCUT2D eigenvalue weighted by Gasteiger charge is 2.38. The Morgan fingerprint density at radius 1 is 1.30 bits per heavy atom. The van der Waals surface area contributed by atoms with Crippen molar-refractivity contribution in [2.24, 2.45) is 5.73 Å². The molecular weight excluding hydrogens is 284 g/mol. The molecule has 1 fully saturated rings. The van der Waals surface area contributed by atoms with Gasteiger partial charge in [0.2, 0.25) is 0 Å². The van der Waals surface area contributed by atoms with Crippen LogP contribution in [0.15, 0.2) is 18.2 Å².